The van der Waals surface area contributed by atoms with Gasteiger partial charge in [0.15, 0.2) is 5.69 Å². The summed E-state index contributed by atoms with van der Waals surface area (Å²) in [6, 6.07) is 5.98. The van der Waals surface area contributed by atoms with Gasteiger partial charge >= 0.3 is 0 Å². The molecule has 0 spiro atoms. The van der Waals surface area contributed by atoms with Crippen molar-refractivity contribution in [2.45, 2.75) is 13.5 Å². The summed E-state index contributed by atoms with van der Waals surface area (Å²) in [5.74, 6) is 0.251. The zero-order valence-corrected chi connectivity index (χ0v) is 14.3. The highest BCUT2D eigenvalue weighted by Gasteiger charge is 2.13. The standard InChI is InChI=1S/C17H12ClN5O3/c1-10-15(26-14-6-12(18)5-13(7-14)19-2)17(25)23(9-20-10)8-11-3-4-21-22-16(11)24/h3-7,9H,8H2,1H3,(H,22,24). The summed E-state index contributed by atoms with van der Waals surface area (Å²) in [5.41, 5.74) is 0.172. The number of hydrogen-bond donors (Lipinski definition) is 1. The van der Waals surface area contributed by atoms with E-state index in [1.807, 2.05) is 0 Å². The Labute approximate surface area is 152 Å². The molecule has 0 bridgehead atoms. The van der Waals surface area contributed by atoms with Gasteiger partial charge < -0.3 is 4.74 Å². The van der Waals surface area contributed by atoms with Gasteiger partial charge in [0.1, 0.15) is 5.75 Å². The summed E-state index contributed by atoms with van der Waals surface area (Å²) in [5, 5.41) is 6.25. The minimum absolute atomic E-state index is 0.00354. The predicted molar refractivity (Wildman–Crippen MR) is 95.0 cm³/mol. The zero-order valence-electron chi connectivity index (χ0n) is 13.6. The molecular formula is C17H12ClN5O3. The Morgan fingerprint density at radius 2 is 2.15 bits per heavy atom. The quantitative estimate of drug-likeness (QED) is 0.713. The number of benzene rings is 1. The van der Waals surface area contributed by atoms with E-state index in [2.05, 4.69) is 20.0 Å². The Bertz CT molecular complexity index is 1130. The zero-order chi connectivity index (χ0) is 18.7. The summed E-state index contributed by atoms with van der Waals surface area (Å²) < 4.78 is 6.91. The van der Waals surface area contributed by atoms with Crippen LogP contribution in [0, 0.1) is 13.5 Å². The maximum atomic E-state index is 12.7. The average Bonchev–Trinajstić information content (AvgIpc) is 2.62. The summed E-state index contributed by atoms with van der Waals surface area (Å²) in [6.07, 6.45) is 2.77. The molecule has 8 nitrogen and oxygen atoms in total. The molecule has 0 unspecified atom stereocenters. The molecule has 0 aliphatic carbocycles. The van der Waals surface area contributed by atoms with E-state index in [9.17, 15) is 9.59 Å². The largest absolute Gasteiger partial charge is 0.451 e. The second-order valence-corrected chi connectivity index (χ2v) is 5.80. The average molecular weight is 370 g/mol. The number of H-pyrrole nitrogens is 1. The first-order valence-electron chi connectivity index (χ1n) is 7.42. The molecule has 130 valence electrons. The van der Waals surface area contributed by atoms with Gasteiger partial charge in [-0.05, 0) is 31.2 Å². The second-order valence-electron chi connectivity index (χ2n) is 5.36. The van der Waals surface area contributed by atoms with Crippen molar-refractivity contribution in [3.8, 4) is 11.5 Å². The number of halogens is 1. The van der Waals surface area contributed by atoms with Gasteiger partial charge in [0, 0.05) is 16.8 Å². The van der Waals surface area contributed by atoms with Gasteiger partial charge in [0.2, 0.25) is 5.75 Å². The van der Waals surface area contributed by atoms with Crippen molar-refractivity contribution in [3.63, 3.8) is 0 Å². The summed E-state index contributed by atoms with van der Waals surface area (Å²) >= 11 is 5.96. The van der Waals surface area contributed by atoms with E-state index in [0.29, 0.717) is 16.3 Å². The Morgan fingerprint density at radius 3 is 2.88 bits per heavy atom. The van der Waals surface area contributed by atoms with Gasteiger partial charge in [-0.15, -0.1) is 0 Å². The van der Waals surface area contributed by atoms with Crippen molar-refractivity contribution < 1.29 is 4.74 Å². The fourth-order valence-electron chi connectivity index (χ4n) is 2.25. The van der Waals surface area contributed by atoms with E-state index in [1.165, 1.54) is 41.4 Å². The highest BCUT2D eigenvalue weighted by Crippen LogP contribution is 2.29. The van der Waals surface area contributed by atoms with E-state index < -0.39 is 5.56 Å². The second kappa shape index (κ2) is 7.21. The summed E-state index contributed by atoms with van der Waals surface area (Å²) in [4.78, 5) is 31.9. The lowest BCUT2D eigenvalue weighted by atomic mass is 10.3. The van der Waals surface area contributed by atoms with Crippen LogP contribution in [0.3, 0.4) is 0 Å². The molecule has 0 saturated carbocycles. The fourth-order valence-corrected chi connectivity index (χ4v) is 2.47. The Morgan fingerprint density at radius 1 is 1.35 bits per heavy atom. The number of ether oxygens (including phenoxy) is 1. The van der Waals surface area contributed by atoms with Crippen LogP contribution in [0.5, 0.6) is 11.5 Å². The summed E-state index contributed by atoms with van der Waals surface area (Å²) in [6.45, 7) is 8.72. The van der Waals surface area contributed by atoms with Crippen molar-refractivity contribution in [2.24, 2.45) is 0 Å². The van der Waals surface area contributed by atoms with Gasteiger partial charge in [0.25, 0.3) is 11.1 Å². The Kier molecular flexibility index (Phi) is 4.82. The number of aryl methyl sites for hydroxylation is 1. The fraction of sp³-hybridized carbons (Fsp3) is 0.118. The molecule has 0 saturated heterocycles. The van der Waals surface area contributed by atoms with Gasteiger partial charge in [-0.1, -0.05) is 11.6 Å². The van der Waals surface area contributed by atoms with E-state index in [-0.39, 0.29) is 29.3 Å². The molecule has 2 heterocycles. The lowest BCUT2D eigenvalue weighted by molar-refractivity contribution is 0.458. The van der Waals surface area contributed by atoms with Crippen LogP contribution in [0.25, 0.3) is 4.85 Å². The topological polar surface area (TPSA) is 94.2 Å². The van der Waals surface area contributed by atoms with Crippen molar-refractivity contribution >= 4 is 17.3 Å². The minimum atomic E-state index is -0.460. The molecule has 9 heteroatoms. The van der Waals surface area contributed by atoms with Crippen LogP contribution >= 0.6 is 11.6 Å². The van der Waals surface area contributed by atoms with Crippen molar-refractivity contribution in [1.82, 2.24) is 19.7 Å². The molecule has 0 aliphatic rings. The van der Waals surface area contributed by atoms with Crippen molar-refractivity contribution in [2.75, 3.05) is 0 Å². The number of nitrogens with one attached hydrogen (secondary N) is 1. The molecule has 0 atom stereocenters. The molecule has 2 aromatic heterocycles. The minimum Gasteiger partial charge on any atom is -0.451 e. The lowest BCUT2D eigenvalue weighted by Gasteiger charge is -2.11. The smallest absolute Gasteiger partial charge is 0.296 e. The molecule has 0 aliphatic heterocycles. The van der Waals surface area contributed by atoms with E-state index in [0.717, 1.165) is 0 Å². The Hall–Kier alpha value is -3.44. The molecule has 0 amide bonds. The molecule has 1 aromatic carbocycles. The predicted octanol–water partition coefficient (Wildman–Crippen LogP) is 2.68. The number of hydrogen-bond acceptors (Lipinski definition) is 5. The molecule has 3 aromatic rings. The van der Waals surface area contributed by atoms with E-state index in [4.69, 9.17) is 22.9 Å². The molecule has 1 N–H and O–H groups in total. The third-order valence-electron chi connectivity index (χ3n) is 3.53. The van der Waals surface area contributed by atoms with Crippen LogP contribution < -0.4 is 15.9 Å². The number of aromatic amines is 1. The molecule has 26 heavy (non-hydrogen) atoms. The maximum absolute atomic E-state index is 12.7. The molecular weight excluding hydrogens is 358 g/mol. The third-order valence-corrected chi connectivity index (χ3v) is 3.75. The lowest BCUT2D eigenvalue weighted by Crippen LogP contribution is -2.26. The third kappa shape index (κ3) is 3.63. The van der Waals surface area contributed by atoms with Crippen LogP contribution in [0.15, 0.2) is 46.4 Å². The maximum Gasteiger partial charge on any atom is 0.296 e. The molecule has 0 radical (unpaired) electrons. The summed E-state index contributed by atoms with van der Waals surface area (Å²) in [7, 11) is 0. The highest BCUT2D eigenvalue weighted by atomic mass is 35.5. The van der Waals surface area contributed by atoms with Crippen molar-refractivity contribution in [3.05, 3.63) is 85.2 Å². The first-order valence-corrected chi connectivity index (χ1v) is 7.80. The van der Waals surface area contributed by atoms with Gasteiger partial charge in [0.05, 0.1) is 25.1 Å². The monoisotopic (exact) mass is 369 g/mol. The SMILES string of the molecule is [C-]#[N+]c1cc(Cl)cc(Oc2c(C)ncn(Cc3ccn[nH]c3=O)c2=O)c1. The molecule has 0 fully saturated rings. The normalized spacial score (nSPS) is 10.3. The number of aromatic nitrogens is 4. The number of rotatable bonds is 4. The highest BCUT2D eigenvalue weighted by molar-refractivity contribution is 6.31. The van der Waals surface area contributed by atoms with Crippen LogP contribution in [0.1, 0.15) is 11.3 Å². The van der Waals surface area contributed by atoms with Gasteiger partial charge in [-0.2, -0.15) is 5.10 Å². The van der Waals surface area contributed by atoms with Crippen molar-refractivity contribution in [1.29, 1.82) is 0 Å². The molecule has 3 rings (SSSR count). The first kappa shape index (κ1) is 17.4. The first-order chi connectivity index (χ1) is 12.5. The van der Waals surface area contributed by atoms with Crippen LogP contribution in [0.2, 0.25) is 5.02 Å². The van der Waals surface area contributed by atoms with Crippen LogP contribution in [-0.4, -0.2) is 19.7 Å². The van der Waals surface area contributed by atoms with Crippen LogP contribution in [-0.2, 0) is 6.54 Å². The van der Waals surface area contributed by atoms with Gasteiger partial charge in [-0.3, -0.25) is 14.2 Å². The van der Waals surface area contributed by atoms with Gasteiger partial charge in [-0.25, -0.2) is 14.9 Å². The Balaban J connectivity index is 2.00. The van der Waals surface area contributed by atoms with Crippen LogP contribution in [0.4, 0.5) is 5.69 Å². The van der Waals surface area contributed by atoms with E-state index >= 15 is 0 Å². The van der Waals surface area contributed by atoms with E-state index in [1.54, 1.807) is 6.92 Å². The number of nitrogens with zero attached hydrogens (tertiary/aromatic N) is 4.